The summed E-state index contributed by atoms with van der Waals surface area (Å²) in [6, 6.07) is 9.29. The van der Waals surface area contributed by atoms with Crippen molar-refractivity contribution in [3.8, 4) is 0 Å². The van der Waals surface area contributed by atoms with Crippen LogP contribution < -0.4 is 21.9 Å². The van der Waals surface area contributed by atoms with Crippen molar-refractivity contribution in [1.29, 1.82) is 0 Å². The first-order chi connectivity index (χ1) is 14.0. The molecule has 1 aliphatic heterocycles. The molecule has 2 aromatic heterocycles. The van der Waals surface area contributed by atoms with E-state index in [1.807, 2.05) is 24.3 Å². The van der Waals surface area contributed by atoms with E-state index < -0.39 is 11.2 Å². The Labute approximate surface area is 166 Å². The summed E-state index contributed by atoms with van der Waals surface area (Å²) < 4.78 is 0. The van der Waals surface area contributed by atoms with Crippen molar-refractivity contribution in [2.24, 2.45) is 0 Å². The SMILES string of the molecule is CN1CCC(Nc2ccccc2NC(=O)c2cnc3[nH]c(=O)[nH]c(=O)c3c2)CC1. The molecule has 4 rings (SSSR count). The standard InChI is InChI=1S/C20H22N6O3/c1-26-8-6-13(7-9-26)22-15-4-2-3-5-16(15)23-18(27)12-10-14-17(21-11-12)24-20(29)25-19(14)28/h2-5,10-11,13,22H,6-9H2,1H3,(H,23,27)(H2,21,24,25,28,29). The molecular weight excluding hydrogens is 372 g/mol. The molecule has 3 aromatic rings. The smallest absolute Gasteiger partial charge is 0.327 e. The van der Waals surface area contributed by atoms with E-state index in [-0.39, 0.29) is 22.5 Å². The van der Waals surface area contributed by atoms with Crippen LogP contribution in [0.15, 0.2) is 46.1 Å². The van der Waals surface area contributed by atoms with Crippen molar-refractivity contribution in [2.75, 3.05) is 30.8 Å². The van der Waals surface area contributed by atoms with Gasteiger partial charge in [-0.1, -0.05) is 12.1 Å². The van der Waals surface area contributed by atoms with Gasteiger partial charge < -0.3 is 15.5 Å². The second-order valence-electron chi connectivity index (χ2n) is 7.25. The number of hydrogen-bond acceptors (Lipinski definition) is 6. The Hall–Kier alpha value is -3.46. The highest BCUT2D eigenvalue weighted by atomic mass is 16.2. The molecule has 4 N–H and O–H groups in total. The highest BCUT2D eigenvalue weighted by molar-refractivity contribution is 6.07. The van der Waals surface area contributed by atoms with E-state index in [0.29, 0.717) is 11.7 Å². The number of anilines is 2. The molecule has 0 unspecified atom stereocenters. The lowest BCUT2D eigenvalue weighted by Crippen LogP contribution is -2.36. The van der Waals surface area contributed by atoms with Crippen LogP contribution in [0.1, 0.15) is 23.2 Å². The molecule has 0 spiro atoms. The molecule has 3 heterocycles. The lowest BCUT2D eigenvalue weighted by Gasteiger charge is -2.30. The lowest BCUT2D eigenvalue weighted by atomic mass is 10.0. The van der Waals surface area contributed by atoms with E-state index in [1.54, 1.807) is 0 Å². The molecule has 9 heteroatoms. The molecular formula is C20H22N6O3. The number of nitrogens with one attached hydrogen (secondary N) is 4. The maximum atomic E-state index is 12.8. The molecule has 1 amide bonds. The summed E-state index contributed by atoms with van der Waals surface area (Å²) in [6.45, 7) is 2.07. The van der Waals surface area contributed by atoms with Gasteiger partial charge in [0.2, 0.25) is 0 Å². The Morgan fingerprint density at radius 2 is 1.86 bits per heavy atom. The zero-order chi connectivity index (χ0) is 20.4. The average Bonchev–Trinajstić information content (AvgIpc) is 2.71. The Kier molecular flexibility index (Phi) is 5.13. The van der Waals surface area contributed by atoms with E-state index in [9.17, 15) is 14.4 Å². The average molecular weight is 394 g/mol. The van der Waals surface area contributed by atoms with Gasteiger partial charge in [0.05, 0.1) is 22.3 Å². The molecule has 0 atom stereocenters. The van der Waals surface area contributed by atoms with Crippen LogP contribution >= 0.6 is 0 Å². The third-order valence-electron chi connectivity index (χ3n) is 5.11. The Bertz CT molecular complexity index is 1160. The van der Waals surface area contributed by atoms with Gasteiger partial charge in [0.1, 0.15) is 5.65 Å². The number of amides is 1. The van der Waals surface area contributed by atoms with Gasteiger partial charge in [-0.3, -0.25) is 19.6 Å². The molecule has 0 saturated carbocycles. The van der Waals surface area contributed by atoms with Crippen molar-refractivity contribution >= 4 is 28.3 Å². The summed E-state index contributed by atoms with van der Waals surface area (Å²) in [5.74, 6) is -0.386. The molecule has 9 nitrogen and oxygen atoms in total. The van der Waals surface area contributed by atoms with Crippen LogP contribution in [0.5, 0.6) is 0 Å². The number of aromatic nitrogens is 3. The summed E-state index contributed by atoms with van der Waals surface area (Å²) in [7, 11) is 2.11. The topological polar surface area (TPSA) is 123 Å². The van der Waals surface area contributed by atoms with Crippen LogP contribution in [0, 0.1) is 0 Å². The number of rotatable bonds is 4. The number of pyridine rings is 1. The Morgan fingerprint density at radius 1 is 1.14 bits per heavy atom. The number of H-pyrrole nitrogens is 2. The number of nitrogens with zero attached hydrogens (tertiary/aromatic N) is 2. The van der Waals surface area contributed by atoms with Crippen LogP contribution in [0.25, 0.3) is 11.0 Å². The van der Waals surface area contributed by atoms with Crippen LogP contribution in [0.3, 0.4) is 0 Å². The molecule has 1 aromatic carbocycles. The molecule has 1 saturated heterocycles. The largest absolute Gasteiger partial charge is 0.381 e. The first-order valence-electron chi connectivity index (χ1n) is 9.47. The van der Waals surface area contributed by atoms with Crippen molar-refractivity contribution < 1.29 is 4.79 Å². The van der Waals surface area contributed by atoms with Crippen molar-refractivity contribution in [2.45, 2.75) is 18.9 Å². The number of aromatic amines is 2. The minimum Gasteiger partial charge on any atom is -0.381 e. The van der Waals surface area contributed by atoms with Gasteiger partial charge in [-0.2, -0.15) is 0 Å². The molecule has 1 aliphatic rings. The Balaban J connectivity index is 1.55. The Morgan fingerprint density at radius 3 is 2.62 bits per heavy atom. The van der Waals surface area contributed by atoms with Gasteiger partial charge >= 0.3 is 5.69 Å². The van der Waals surface area contributed by atoms with Crippen LogP contribution in [-0.4, -0.2) is 51.9 Å². The number of likely N-dealkylation sites (tertiary alicyclic amines) is 1. The van der Waals surface area contributed by atoms with Gasteiger partial charge in [-0.15, -0.1) is 0 Å². The molecule has 1 fully saturated rings. The predicted octanol–water partition coefficient (Wildman–Crippen LogP) is 1.37. The van der Waals surface area contributed by atoms with E-state index >= 15 is 0 Å². The zero-order valence-electron chi connectivity index (χ0n) is 16.0. The number of carbonyl (C=O) groups is 1. The fraction of sp³-hybridized carbons (Fsp3) is 0.300. The maximum Gasteiger partial charge on any atom is 0.327 e. The van der Waals surface area contributed by atoms with Crippen LogP contribution in [0.2, 0.25) is 0 Å². The maximum absolute atomic E-state index is 12.8. The van der Waals surface area contributed by atoms with E-state index in [4.69, 9.17) is 0 Å². The van der Waals surface area contributed by atoms with Gasteiger partial charge in [-0.05, 0) is 51.2 Å². The first-order valence-corrected chi connectivity index (χ1v) is 9.47. The quantitative estimate of drug-likeness (QED) is 0.530. The monoisotopic (exact) mass is 394 g/mol. The molecule has 29 heavy (non-hydrogen) atoms. The second-order valence-corrected chi connectivity index (χ2v) is 7.25. The molecule has 0 radical (unpaired) electrons. The fourth-order valence-corrected chi connectivity index (χ4v) is 3.46. The van der Waals surface area contributed by atoms with Crippen molar-refractivity contribution in [1.82, 2.24) is 19.9 Å². The van der Waals surface area contributed by atoms with E-state index in [1.165, 1.54) is 12.3 Å². The minimum absolute atomic E-state index is 0.139. The summed E-state index contributed by atoms with van der Waals surface area (Å²) in [5, 5.41) is 6.55. The molecule has 150 valence electrons. The number of benzene rings is 1. The highest BCUT2D eigenvalue weighted by Crippen LogP contribution is 2.25. The first kappa shape index (κ1) is 18.9. The number of piperidine rings is 1. The summed E-state index contributed by atoms with van der Waals surface area (Å²) in [4.78, 5) is 47.0. The summed E-state index contributed by atoms with van der Waals surface area (Å²) in [5.41, 5.74) is 0.651. The minimum atomic E-state index is -0.638. The highest BCUT2D eigenvalue weighted by Gasteiger charge is 2.18. The number of hydrogen-bond donors (Lipinski definition) is 4. The van der Waals surface area contributed by atoms with Crippen LogP contribution in [0.4, 0.5) is 11.4 Å². The van der Waals surface area contributed by atoms with Gasteiger partial charge in [0.25, 0.3) is 11.5 Å². The number of carbonyl (C=O) groups excluding carboxylic acids is 1. The second kappa shape index (κ2) is 7.88. The van der Waals surface area contributed by atoms with Crippen LogP contribution in [-0.2, 0) is 0 Å². The third kappa shape index (κ3) is 4.19. The van der Waals surface area contributed by atoms with Gasteiger partial charge in [0.15, 0.2) is 0 Å². The molecule has 0 aliphatic carbocycles. The van der Waals surface area contributed by atoms with Gasteiger partial charge in [-0.25, -0.2) is 9.78 Å². The lowest BCUT2D eigenvalue weighted by molar-refractivity contribution is 0.102. The number of para-hydroxylation sites is 2. The summed E-state index contributed by atoms with van der Waals surface area (Å²) in [6.07, 6.45) is 3.41. The van der Waals surface area contributed by atoms with E-state index in [0.717, 1.165) is 31.6 Å². The van der Waals surface area contributed by atoms with E-state index in [2.05, 4.69) is 37.5 Å². The fourth-order valence-electron chi connectivity index (χ4n) is 3.46. The third-order valence-corrected chi connectivity index (χ3v) is 5.11. The predicted molar refractivity (Wildman–Crippen MR) is 112 cm³/mol. The van der Waals surface area contributed by atoms with Crippen molar-refractivity contribution in [3.63, 3.8) is 0 Å². The van der Waals surface area contributed by atoms with Crippen molar-refractivity contribution in [3.05, 3.63) is 62.9 Å². The normalized spacial score (nSPS) is 15.3. The summed E-state index contributed by atoms with van der Waals surface area (Å²) >= 11 is 0. The molecule has 0 bridgehead atoms. The van der Waals surface area contributed by atoms with Gasteiger partial charge in [0, 0.05) is 12.2 Å². The zero-order valence-corrected chi connectivity index (χ0v) is 16.0. The number of fused-ring (bicyclic) bond motifs is 1.